The molecule has 5 nitrogen and oxygen atoms in total. The molecule has 1 amide bonds. The standard InChI is InChI=1S/C17H21NO4/c19-13-6-4-12(5-7-13)16(21)17(22)18-9-1-2-11-3-8-14(20)10-15(11)18/h4-7,11,14-15,19-20H,1-3,8-10H2/t11-,14+,15+/m0/s1. The molecule has 0 bridgehead atoms. The highest BCUT2D eigenvalue weighted by Crippen LogP contribution is 2.35. The van der Waals surface area contributed by atoms with Crippen molar-refractivity contribution in [3.63, 3.8) is 0 Å². The number of phenols is 1. The van der Waals surface area contributed by atoms with Crippen molar-refractivity contribution >= 4 is 11.7 Å². The fourth-order valence-corrected chi connectivity index (χ4v) is 3.71. The maximum atomic E-state index is 12.6. The first kappa shape index (κ1) is 15.0. The number of aliphatic hydroxyl groups is 1. The lowest BCUT2D eigenvalue weighted by Crippen LogP contribution is -2.53. The van der Waals surface area contributed by atoms with Crippen LogP contribution in [0.4, 0.5) is 0 Å². The van der Waals surface area contributed by atoms with E-state index >= 15 is 0 Å². The number of carbonyl (C=O) groups excluding carboxylic acids is 2. The molecule has 0 radical (unpaired) electrons. The van der Waals surface area contributed by atoms with Crippen molar-refractivity contribution in [2.75, 3.05) is 6.54 Å². The SMILES string of the molecule is O=C(C(=O)N1CCC[C@H]2CC[C@@H](O)C[C@H]21)c1ccc(O)cc1. The molecule has 1 saturated carbocycles. The molecule has 1 heterocycles. The van der Waals surface area contributed by atoms with Gasteiger partial charge in [0.1, 0.15) is 5.75 Å². The van der Waals surface area contributed by atoms with E-state index in [0.29, 0.717) is 24.4 Å². The maximum Gasteiger partial charge on any atom is 0.295 e. The fraction of sp³-hybridized carbons (Fsp3) is 0.529. The van der Waals surface area contributed by atoms with Gasteiger partial charge in [0.2, 0.25) is 5.78 Å². The predicted molar refractivity (Wildman–Crippen MR) is 80.5 cm³/mol. The minimum absolute atomic E-state index is 0.0222. The van der Waals surface area contributed by atoms with Crippen molar-refractivity contribution < 1.29 is 19.8 Å². The first-order valence-electron chi connectivity index (χ1n) is 7.88. The van der Waals surface area contributed by atoms with Crippen molar-refractivity contribution in [1.29, 1.82) is 0 Å². The number of carbonyl (C=O) groups is 2. The van der Waals surface area contributed by atoms with Gasteiger partial charge in [-0.25, -0.2) is 0 Å². The molecule has 22 heavy (non-hydrogen) atoms. The van der Waals surface area contributed by atoms with Gasteiger partial charge < -0.3 is 15.1 Å². The monoisotopic (exact) mass is 303 g/mol. The topological polar surface area (TPSA) is 77.8 Å². The van der Waals surface area contributed by atoms with E-state index in [1.165, 1.54) is 24.3 Å². The van der Waals surface area contributed by atoms with Crippen LogP contribution in [0, 0.1) is 5.92 Å². The molecule has 2 aliphatic rings. The lowest BCUT2D eigenvalue weighted by molar-refractivity contribution is -0.133. The van der Waals surface area contributed by atoms with Crippen LogP contribution in [0.5, 0.6) is 5.75 Å². The molecule has 3 atom stereocenters. The number of rotatable bonds is 2. The minimum Gasteiger partial charge on any atom is -0.508 e. The molecule has 1 aliphatic heterocycles. The number of nitrogens with zero attached hydrogens (tertiary/aromatic N) is 1. The van der Waals surface area contributed by atoms with Gasteiger partial charge in [0.25, 0.3) is 5.91 Å². The third kappa shape index (κ3) is 2.86. The summed E-state index contributed by atoms with van der Waals surface area (Å²) < 4.78 is 0. The molecule has 1 aromatic rings. The fourth-order valence-electron chi connectivity index (χ4n) is 3.71. The van der Waals surface area contributed by atoms with E-state index in [9.17, 15) is 19.8 Å². The maximum absolute atomic E-state index is 12.6. The second-order valence-electron chi connectivity index (χ2n) is 6.31. The second kappa shape index (κ2) is 6.08. The summed E-state index contributed by atoms with van der Waals surface area (Å²) in [6, 6.07) is 5.72. The minimum atomic E-state index is -0.541. The van der Waals surface area contributed by atoms with Crippen molar-refractivity contribution in [2.45, 2.75) is 44.2 Å². The summed E-state index contributed by atoms with van der Waals surface area (Å²) in [5.74, 6) is -0.568. The smallest absolute Gasteiger partial charge is 0.295 e. The lowest BCUT2D eigenvalue weighted by atomic mass is 9.77. The number of phenolic OH excluding ortho intramolecular Hbond substituents is 1. The Balaban J connectivity index is 1.77. The van der Waals surface area contributed by atoms with Gasteiger partial charge in [0, 0.05) is 18.2 Å². The number of aliphatic hydroxyl groups excluding tert-OH is 1. The Morgan fingerprint density at radius 2 is 1.82 bits per heavy atom. The first-order valence-corrected chi connectivity index (χ1v) is 7.88. The molecule has 5 heteroatoms. The average molecular weight is 303 g/mol. The van der Waals surface area contributed by atoms with Crippen LogP contribution in [0.25, 0.3) is 0 Å². The normalized spacial score (nSPS) is 28.0. The molecule has 1 aromatic carbocycles. The quantitative estimate of drug-likeness (QED) is 0.644. The third-order valence-corrected chi connectivity index (χ3v) is 4.89. The summed E-state index contributed by atoms with van der Waals surface area (Å²) in [4.78, 5) is 26.6. The zero-order chi connectivity index (χ0) is 15.7. The molecule has 1 saturated heterocycles. The Labute approximate surface area is 129 Å². The molecular formula is C17H21NO4. The highest BCUT2D eigenvalue weighted by Gasteiger charge is 2.40. The molecular weight excluding hydrogens is 282 g/mol. The summed E-state index contributed by atoms with van der Waals surface area (Å²) in [5, 5.41) is 19.2. The highest BCUT2D eigenvalue weighted by atomic mass is 16.3. The molecule has 2 N–H and O–H groups in total. The van der Waals surface area contributed by atoms with Crippen molar-refractivity contribution in [3.8, 4) is 5.75 Å². The van der Waals surface area contributed by atoms with E-state index in [4.69, 9.17) is 0 Å². The van der Waals surface area contributed by atoms with Gasteiger partial charge in [-0.3, -0.25) is 9.59 Å². The van der Waals surface area contributed by atoms with E-state index in [0.717, 1.165) is 25.7 Å². The Morgan fingerprint density at radius 1 is 1.09 bits per heavy atom. The largest absolute Gasteiger partial charge is 0.508 e. The number of hydrogen-bond acceptors (Lipinski definition) is 4. The number of piperidine rings is 1. The number of fused-ring (bicyclic) bond motifs is 1. The lowest BCUT2D eigenvalue weighted by Gasteiger charge is -2.45. The van der Waals surface area contributed by atoms with Crippen LogP contribution in [0.3, 0.4) is 0 Å². The van der Waals surface area contributed by atoms with Gasteiger partial charge in [-0.05, 0) is 62.3 Å². The van der Waals surface area contributed by atoms with Gasteiger partial charge in [-0.2, -0.15) is 0 Å². The van der Waals surface area contributed by atoms with Crippen LogP contribution in [-0.4, -0.2) is 45.5 Å². The third-order valence-electron chi connectivity index (χ3n) is 4.89. The number of benzene rings is 1. The molecule has 3 rings (SSSR count). The zero-order valence-electron chi connectivity index (χ0n) is 12.4. The molecule has 1 aliphatic carbocycles. The number of aromatic hydroxyl groups is 1. The summed E-state index contributed by atoms with van der Waals surface area (Å²) in [7, 11) is 0. The number of hydrogen-bond donors (Lipinski definition) is 2. The Kier molecular flexibility index (Phi) is 4.16. The van der Waals surface area contributed by atoms with E-state index in [-0.39, 0.29) is 17.9 Å². The number of ketones is 1. The summed E-state index contributed by atoms with van der Waals surface area (Å²) in [5.41, 5.74) is 0.293. The summed E-state index contributed by atoms with van der Waals surface area (Å²) in [6.45, 7) is 0.580. The van der Waals surface area contributed by atoms with Crippen molar-refractivity contribution in [1.82, 2.24) is 4.90 Å². The molecule has 118 valence electrons. The van der Waals surface area contributed by atoms with Crippen LogP contribution < -0.4 is 0 Å². The highest BCUT2D eigenvalue weighted by molar-refractivity contribution is 6.42. The molecule has 2 fully saturated rings. The van der Waals surface area contributed by atoms with Crippen LogP contribution in [-0.2, 0) is 4.79 Å². The van der Waals surface area contributed by atoms with Gasteiger partial charge in [-0.1, -0.05) is 0 Å². The van der Waals surface area contributed by atoms with Crippen molar-refractivity contribution in [2.24, 2.45) is 5.92 Å². The number of Topliss-reactive ketones (excluding diaryl/α,β-unsaturated/α-hetero) is 1. The Morgan fingerprint density at radius 3 is 2.55 bits per heavy atom. The number of amides is 1. The predicted octanol–water partition coefficient (Wildman–Crippen LogP) is 1.73. The van der Waals surface area contributed by atoms with Gasteiger partial charge in [-0.15, -0.1) is 0 Å². The van der Waals surface area contributed by atoms with E-state index < -0.39 is 11.7 Å². The van der Waals surface area contributed by atoms with E-state index in [1.807, 2.05) is 0 Å². The van der Waals surface area contributed by atoms with Crippen LogP contribution in [0.1, 0.15) is 42.5 Å². The van der Waals surface area contributed by atoms with Gasteiger partial charge >= 0.3 is 0 Å². The number of likely N-dealkylation sites (tertiary alicyclic amines) is 1. The Hall–Kier alpha value is -1.88. The van der Waals surface area contributed by atoms with Crippen LogP contribution in [0.2, 0.25) is 0 Å². The van der Waals surface area contributed by atoms with Gasteiger partial charge in [0.05, 0.1) is 6.10 Å². The second-order valence-corrected chi connectivity index (χ2v) is 6.31. The Bertz CT molecular complexity index is 569. The first-order chi connectivity index (χ1) is 10.6. The van der Waals surface area contributed by atoms with Crippen LogP contribution >= 0.6 is 0 Å². The zero-order valence-corrected chi connectivity index (χ0v) is 12.4. The summed E-state index contributed by atoms with van der Waals surface area (Å²) >= 11 is 0. The molecule has 0 unspecified atom stereocenters. The van der Waals surface area contributed by atoms with E-state index in [2.05, 4.69) is 0 Å². The molecule has 0 aromatic heterocycles. The summed E-state index contributed by atoms with van der Waals surface area (Å²) in [6.07, 6.45) is 3.87. The van der Waals surface area contributed by atoms with E-state index in [1.54, 1.807) is 4.90 Å². The van der Waals surface area contributed by atoms with Crippen molar-refractivity contribution in [3.05, 3.63) is 29.8 Å². The van der Waals surface area contributed by atoms with Gasteiger partial charge in [0.15, 0.2) is 0 Å². The van der Waals surface area contributed by atoms with Crippen LogP contribution in [0.15, 0.2) is 24.3 Å². The molecule has 0 spiro atoms. The average Bonchev–Trinajstić information content (AvgIpc) is 2.53.